The standard InChI is InChI=1S/C18H17FN2O3/c19-14-8-6-13(7-9-14)16(22)10-11-17(23)20-12-18(24)21-15-4-2-1-3-5-15/h1-9H,10-12H2,(H,20,23)(H,21,24). The molecule has 0 aliphatic rings. The number of carbonyl (C=O) groups excluding carboxylic acids is 3. The van der Waals surface area contributed by atoms with E-state index in [2.05, 4.69) is 10.6 Å². The fourth-order valence-corrected chi connectivity index (χ4v) is 2.00. The third-order valence-corrected chi connectivity index (χ3v) is 3.25. The van der Waals surface area contributed by atoms with E-state index in [-0.39, 0.29) is 31.1 Å². The number of hydrogen-bond acceptors (Lipinski definition) is 3. The molecule has 2 rings (SSSR count). The van der Waals surface area contributed by atoms with Gasteiger partial charge < -0.3 is 10.6 Å². The maximum absolute atomic E-state index is 12.8. The first-order valence-corrected chi connectivity index (χ1v) is 7.45. The fraction of sp³-hybridized carbons (Fsp3) is 0.167. The first-order chi connectivity index (χ1) is 11.5. The Labute approximate surface area is 138 Å². The van der Waals surface area contributed by atoms with E-state index in [1.165, 1.54) is 24.3 Å². The number of carbonyl (C=O) groups is 3. The van der Waals surface area contributed by atoms with Crippen molar-refractivity contribution in [2.75, 3.05) is 11.9 Å². The van der Waals surface area contributed by atoms with Crippen LogP contribution in [0.4, 0.5) is 10.1 Å². The molecule has 6 heteroatoms. The van der Waals surface area contributed by atoms with Crippen molar-refractivity contribution >= 4 is 23.3 Å². The van der Waals surface area contributed by atoms with Gasteiger partial charge in [-0.3, -0.25) is 14.4 Å². The van der Waals surface area contributed by atoms with Crippen LogP contribution in [0.3, 0.4) is 0 Å². The normalized spacial score (nSPS) is 10.0. The lowest BCUT2D eigenvalue weighted by Crippen LogP contribution is -2.33. The van der Waals surface area contributed by atoms with E-state index in [9.17, 15) is 18.8 Å². The number of Topliss-reactive ketones (excluding diaryl/α,β-unsaturated/α-hetero) is 1. The SMILES string of the molecule is O=C(CCC(=O)c1ccc(F)cc1)NCC(=O)Nc1ccccc1. The number of hydrogen-bond donors (Lipinski definition) is 2. The summed E-state index contributed by atoms with van der Waals surface area (Å²) in [5.41, 5.74) is 0.995. The van der Waals surface area contributed by atoms with E-state index in [0.29, 0.717) is 11.3 Å². The molecule has 0 fully saturated rings. The predicted octanol–water partition coefficient (Wildman–Crippen LogP) is 2.54. The second kappa shape index (κ2) is 8.57. The number of halogens is 1. The molecule has 2 amide bonds. The summed E-state index contributed by atoms with van der Waals surface area (Å²) in [5.74, 6) is -1.42. The highest BCUT2D eigenvalue weighted by atomic mass is 19.1. The number of benzene rings is 2. The highest BCUT2D eigenvalue weighted by Gasteiger charge is 2.10. The largest absolute Gasteiger partial charge is 0.347 e. The van der Waals surface area contributed by atoms with Gasteiger partial charge >= 0.3 is 0 Å². The number of anilines is 1. The van der Waals surface area contributed by atoms with Crippen LogP contribution in [-0.4, -0.2) is 24.1 Å². The maximum atomic E-state index is 12.8. The summed E-state index contributed by atoms with van der Waals surface area (Å²) in [7, 11) is 0. The molecule has 0 radical (unpaired) electrons. The van der Waals surface area contributed by atoms with Gasteiger partial charge in [-0.15, -0.1) is 0 Å². The van der Waals surface area contributed by atoms with Crippen LogP contribution in [0.1, 0.15) is 23.2 Å². The van der Waals surface area contributed by atoms with Crippen LogP contribution in [-0.2, 0) is 9.59 Å². The van der Waals surface area contributed by atoms with Gasteiger partial charge in [0.15, 0.2) is 5.78 Å². The van der Waals surface area contributed by atoms with Gasteiger partial charge in [0.05, 0.1) is 6.54 Å². The van der Waals surface area contributed by atoms with Crippen molar-refractivity contribution < 1.29 is 18.8 Å². The van der Waals surface area contributed by atoms with E-state index in [0.717, 1.165) is 0 Å². The number of amides is 2. The number of rotatable bonds is 7. The van der Waals surface area contributed by atoms with Crippen molar-refractivity contribution in [3.05, 3.63) is 66.0 Å². The Bertz CT molecular complexity index is 715. The maximum Gasteiger partial charge on any atom is 0.243 e. The minimum absolute atomic E-state index is 0.00221. The third-order valence-electron chi connectivity index (χ3n) is 3.25. The van der Waals surface area contributed by atoms with Gasteiger partial charge in [-0.1, -0.05) is 18.2 Å². The molecule has 0 aromatic heterocycles. The van der Waals surface area contributed by atoms with Gasteiger partial charge in [-0.2, -0.15) is 0 Å². The highest BCUT2D eigenvalue weighted by molar-refractivity contribution is 5.98. The smallest absolute Gasteiger partial charge is 0.243 e. The molecule has 0 heterocycles. The molecule has 0 saturated heterocycles. The van der Waals surface area contributed by atoms with Gasteiger partial charge in [0.25, 0.3) is 0 Å². The number of ketones is 1. The summed E-state index contributed by atoms with van der Waals surface area (Å²) in [4.78, 5) is 35.2. The Hall–Kier alpha value is -3.02. The van der Waals surface area contributed by atoms with Crippen molar-refractivity contribution in [3.8, 4) is 0 Å². The Morgan fingerprint density at radius 1 is 0.833 bits per heavy atom. The lowest BCUT2D eigenvalue weighted by atomic mass is 10.1. The van der Waals surface area contributed by atoms with E-state index in [1.54, 1.807) is 24.3 Å². The zero-order chi connectivity index (χ0) is 17.4. The van der Waals surface area contributed by atoms with Crippen LogP contribution >= 0.6 is 0 Å². The molecule has 2 aromatic rings. The Kier molecular flexibility index (Phi) is 6.19. The van der Waals surface area contributed by atoms with Gasteiger partial charge in [0, 0.05) is 24.1 Å². The first kappa shape index (κ1) is 17.3. The van der Waals surface area contributed by atoms with Crippen LogP contribution in [0.15, 0.2) is 54.6 Å². The summed E-state index contributed by atoms with van der Waals surface area (Å²) in [6.45, 7) is -0.168. The third kappa shape index (κ3) is 5.64. The van der Waals surface area contributed by atoms with Crippen LogP contribution in [0, 0.1) is 5.82 Å². The molecule has 0 atom stereocenters. The zero-order valence-corrected chi connectivity index (χ0v) is 12.9. The zero-order valence-electron chi connectivity index (χ0n) is 12.9. The molecule has 2 aromatic carbocycles. The summed E-state index contributed by atoms with van der Waals surface area (Å²) in [6.07, 6.45) is -0.0351. The van der Waals surface area contributed by atoms with Gasteiger partial charge in [0.2, 0.25) is 11.8 Å². The molecule has 0 aliphatic heterocycles. The molecule has 24 heavy (non-hydrogen) atoms. The second-order valence-corrected chi connectivity index (χ2v) is 5.12. The van der Waals surface area contributed by atoms with Crippen LogP contribution < -0.4 is 10.6 Å². The van der Waals surface area contributed by atoms with E-state index in [4.69, 9.17) is 0 Å². The van der Waals surface area contributed by atoms with Crippen LogP contribution in [0.5, 0.6) is 0 Å². The van der Waals surface area contributed by atoms with Gasteiger partial charge in [0.1, 0.15) is 5.82 Å². The first-order valence-electron chi connectivity index (χ1n) is 7.45. The van der Waals surface area contributed by atoms with Crippen molar-refractivity contribution in [3.63, 3.8) is 0 Å². The van der Waals surface area contributed by atoms with E-state index >= 15 is 0 Å². The average molecular weight is 328 g/mol. The molecule has 0 unspecified atom stereocenters. The van der Waals surface area contributed by atoms with Crippen molar-refractivity contribution in [2.45, 2.75) is 12.8 Å². The number of para-hydroxylation sites is 1. The Morgan fingerprint density at radius 2 is 1.50 bits per heavy atom. The van der Waals surface area contributed by atoms with Crippen LogP contribution in [0.25, 0.3) is 0 Å². The van der Waals surface area contributed by atoms with E-state index < -0.39 is 11.7 Å². The molecular weight excluding hydrogens is 311 g/mol. The minimum Gasteiger partial charge on any atom is -0.347 e. The topological polar surface area (TPSA) is 75.3 Å². The molecule has 0 saturated carbocycles. The number of nitrogens with one attached hydrogen (secondary N) is 2. The summed E-state index contributed by atoms with van der Waals surface area (Å²) in [6, 6.07) is 14.0. The summed E-state index contributed by atoms with van der Waals surface area (Å²) >= 11 is 0. The summed E-state index contributed by atoms with van der Waals surface area (Å²) in [5, 5.41) is 5.09. The monoisotopic (exact) mass is 328 g/mol. The molecule has 0 aliphatic carbocycles. The Balaban J connectivity index is 1.70. The molecule has 124 valence electrons. The van der Waals surface area contributed by atoms with Crippen LogP contribution in [0.2, 0.25) is 0 Å². The molecule has 0 spiro atoms. The average Bonchev–Trinajstić information content (AvgIpc) is 2.59. The predicted molar refractivity (Wildman–Crippen MR) is 88.0 cm³/mol. The highest BCUT2D eigenvalue weighted by Crippen LogP contribution is 2.07. The van der Waals surface area contributed by atoms with Crippen molar-refractivity contribution in [1.82, 2.24) is 5.32 Å². The summed E-state index contributed by atoms with van der Waals surface area (Å²) < 4.78 is 12.8. The quantitative estimate of drug-likeness (QED) is 0.767. The minimum atomic E-state index is -0.422. The second-order valence-electron chi connectivity index (χ2n) is 5.12. The van der Waals surface area contributed by atoms with E-state index in [1.807, 2.05) is 6.07 Å². The molecular formula is C18H17FN2O3. The van der Waals surface area contributed by atoms with Crippen molar-refractivity contribution in [1.29, 1.82) is 0 Å². The Morgan fingerprint density at radius 3 is 2.17 bits per heavy atom. The lowest BCUT2D eigenvalue weighted by Gasteiger charge is -2.07. The lowest BCUT2D eigenvalue weighted by molar-refractivity contribution is -0.124. The van der Waals surface area contributed by atoms with Crippen molar-refractivity contribution in [2.24, 2.45) is 0 Å². The van der Waals surface area contributed by atoms with Gasteiger partial charge in [-0.05, 0) is 36.4 Å². The fourth-order valence-electron chi connectivity index (χ4n) is 2.00. The molecule has 2 N–H and O–H groups in total. The molecule has 0 bridgehead atoms. The molecule has 5 nitrogen and oxygen atoms in total. The van der Waals surface area contributed by atoms with Gasteiger partial charge in [-0.25, -0.2) is 4.39 Å².